The highest BCUT2D eigenvalue weighted by Gasteiger charge is 2.17. The Balaban J connectivity index is 1.98. The molecule has 0 atom stereocenters. The molecule has 0 bridgehead atoms. The first-order valence-electron chi connectivity index (χ1n) is 7.79. The Hall–Kier alpha value is -3.42. The minimum atomic E-state index is -1.06. The number of carboxylic acids is 1. The summed E-state index contributed by atoms with van der Waals surface area (Å²) < 4.78 is 3.74. The van der Waals surface area contributed by atoms with E-state index in [0.29, 0.717) is 11.5 Å². The number of carbonyl (C=O) groups is 1. The van der Waals surface area contributed by atoms with E-state index in [4.69, 9.17) is 10.8 Å². The second kappa shape index (κ2) is 5.30. The van der Waals surface area contributed by atoms with Gasteiger partial charge >= 0.3 is 5.97 Å². The Morgan fingerprint density at radius 1 is 1.20 bits per heavy atom. The molecule has 0 saturated heterocycles. The lowest BCUT2D eigenvalue weighted by molar-refractivity contribution is 0.0691. The van der Waals surface area contributed by atoms with E-state index in [-0.39, 0.29) is 11.7 Å². The van der Waals surface area contributed by atoms with Crippen LogP contribution >= 0.6 is 0 Å². The summed E-state index contributed by atoms with van der Waals surface area (Å²) in [6, 6.07) is 3.88. The lowest BCUT2D eigenvalue weighted by atomic mass is 10.1. The van der Waals surface area contributed by atoms with Crippen molar-refractivity contribution in [2.45, 2.75) is 19.9 Å². The third kappa shape index (κ3) is 2.30. The maximum atomic E-state index is 11.1. The van der Waals surface area contributed by atoms with E-state index in [0.717, 1.165) is 22.2 Å². The summed E-state index contributed by atoms with van der Waals surface area (Å²) in [7, 11) is 0. The van der Waals surface area contributed by atoms with Crippen molar-refractivity contribution in [2.75, 3.05) is 5.73 Å². The standard InChI is InChI=1S/C17H16N6O2/c1-9(2)23-6-11(14-15(18)19-8-20-16(14)23)10-3-4-13-21-12(17(24)25)7-22(13)5-10/h3-9H,1-2H3,(H,24,25)(H2,18,19,20). The lowest BCUT2D eigenvalue weighted by Gasteiger charge is -2.07. The van der Waals surface area contributed by atoms with E-state index in [9.17, 15) is 4.79 Å². The van der Waals surface area contributed by atoms with Crippen LogP contribution in [0.3, 0.4) is 0 Å². The summed E-state index contributed by atoms with van der Waals surface area (Å²) in [5.41, 5.74) is 9.23. The van der Waals surface area contributed by atoms with Gasteiger partial charge in [-0.3, -0.25) is 0 Å². The molecule has 25 heavy (non-hydrogen) atoms. The van der Waals surface area contributed by atoms with E-state index in [1.54, 1.807) is 10.5 Å². The molecule has 4 aromatic heterocycles. The molecule has 0 fully saturated rings. The second-order valence-corrected chi connectivity index (χ2v) is 6.12. The van der Waals surface area contributed by atoms with E-state index < -0.39 is 5.97 Å². The molecule has 8 heteroatoms. The quantitative estimate of drug-likeness (QED) is 0.595. The highest BCUT2D eigenvalue weighted by Crippen LogP contribution is 2.34. The molecule has 4 rings (SSSR count). The van der Waals surface area contributed by atoms with Gasteiger partial charge in [-0.05, 0) is 26.0 Å². The van der Waals surface area contributed by atoms with E-state index >= 15 is 0 Å². The highest BCUT2D eigenvalue weighted by molar-refractivity contribution is 6.00. The maximum absolute atomic E-state index is 11.1. The number of aromatic nitrogens is 5. The number of nitrogen functional groups attached to an aromatic ring is 1. The zero-order valence-electron chi connectivity index (χ0n) is 13.7. The van der Waals surface area contributed by atoms with Crippen molar-refractivity contribution >= 4 is 28.5 Å². The number of rotatable bonds is 3. The Bertz CT molecular complexity index is 1130. The largest absolute Gasteiger partial charge is 0.476 e. The summed E-state index contributed by atoms with van der Waals surface area (Å²) in [5, 5.41) is 9.89. The summed E-state index contributed by atoms with van der Waals surface area (Å²) in [6.45, 7) is 4.14. The Labute approximate surface area is 142 Å². The number of nitrogens with zero attached hydrogens (tertiary/aromatic N) is 5. The molecule has 4 heterocycles. The van der Waals surface area contributed by atoms with Gasteiger partial charge in [0, 0.05) is 35.8 Å². The molecule has 0 unspecified atom stereocenters. The summed E-state index contributed by atoms with van der Waals surface area (Å²) >= 11 is 0. The molecule has 0 saturated carbocycles. The second-order valence-electron chi connectivity index (χ2n) is 6.12. The molecule has 0 aliphatic carbocycles. The van der Waals surface area contributed by atoms with Gasteiger partial charge in [-0.25, -0.2) is 19.7 Å². The number of anilines is 1. The normalized spacial score (nSPS) is 11.6. The first-order valence-corrected chi connectivity index (χ1v) is 7.79. The minimum Gasteiger partial charge on any atom is -0.476 e. The van der Waals surface area contributed by atoms with Gasteiger partial charge in [0.25, 0.3) is 0 Å². The number of hydrogen-bond donors (Lipinski definition) is 2. The highest BCUT2D eigenvalue weighted by atomic mass is 16.4. The van der Waals surface area contributed by atoms with Crippen molar-refractivity contribution < 1.29 is 9.90 Å². The van der Waals surface area contributed by atoms with Gasteiger partial charge in [0.1, 0.15) is 23.4 Å². The Morgan fingerprint density at radius 2 is 2.00 bits per heavy atom. The molecule has 0 amide bonds. The summed E-state index contributed by atoms with van der Waals surface area (Å²) in [6.07, 6.45) is 6.78. The van der Waals surface area contributed by atoms with Crippen LogP contribution in [0.4, 0.5) is 5.82 Å². The number of carboxylic acid groups (broad SMARTS) is 1. The average Bonchev–Trinajstić information content (AvgIpc) is 3.16. The Morgan fingerprint density at radius 3 is 2.72 bits per heavy atom. The molecule has 126 valence electrons. The van der Waals surface area contributed by atoms with Gasteiger partial charge in [-0.15, -0.1) is 0 Å². The number of aromatic carboxylic acids is 1. The summed E-state index contributed by atoms with van der Waals surface area (Å²) in [4.78, 5) is 23.7. The van der Waals surface area contributed by atoms with Gasteiger partial charge < -0.3 is 19.8 Å². The van der Waals surface area contributed by atoms with Crippen LogP contribution in [0.1, 0.15) is 30.4 Å². The third-order valence-corrected chi connectivity index (χ3v) is 4.18. The van der Waals surface area contributed by atoms with Crippen LogP contribution in [-0.4, -0.2) is 35.0 Å². The van der Waals surface area contributed by atoms with Crippen molar-refractivity contribution in [1.82, 2.24) is 23.9 Å². The monoisotopic (exact) mass is 336 g/mol. The predicted molar refractivity (Wildman–Crippen MR) is 93.5 cm³/mol. The summed E-state index contributed by atoms with van der Waals surface area (Å²) in [5.74, 6) is -0.643. The van der Waals surface area contributed by atoms with Crippen LogP contribution in [0.5, 0.6) is 0 Å². The van der Waals surface area contributed by atoms with E-state index in [1.807, 2.05) is 23.0 Å². The zero-order chi connectivity index (χ0) is 17.7. The van der Waals surface area contributed by atoms with Gasteiger partial charge in [0.05, 0.1) is 5.39 Å². The minimum absolute atomic E-state index is 0.00426. The molecule has 0 aromatic carbocycles. The topological polar surface area (TPSA) is 111 Å². The molecule has 0 spiro atoms. The number of hydrogen-bond acceptors (Lipinski definition) is 5. The fraction of sp³-hybridized carbons (Fsp3) is 0.176. The maximum Gasteiger partial charge on any atom is 0.356 e. The van der Waals surface area contributed by atoms with Gasteiger partial charge in [0.15, 0.2) is 5.69 Å². The van der Waals surface area contributed by atoms with Gasteiger partial charge in [0.2, 0.25) is 0 Å². The number of pyridine rings is 1. The smallest absolute Gasteiger partial charge is 0.356 e. The Kier molecular flexibility index (Phi) is 3.21. The molecule has 4 aromatic rings. The van der Waals surface area contributed by atoms with Crippen LogP contribution in [0.15, 0.2) is 37.1 Å². The van der Waals surface area contributed by atoms with Crippen molar-refractivity contribution in [2.24, 2.45) is 0 Å². The fourth-order valence-electron chi connectivity index (χ4n) is 2.98. The van der Waals surface area contributed by atoms with Gasteiger partial charge in [-0.1, -0.05) is 0 Å². The number of imidazole rings is 1. The molecule has 0 aliphatic rings. The van der Waals surface area contributed by atoms with Crippen molar-refractivity contribution in [1.29, 1.82) is 0 Å². The predicted octanol–water partition coefficient (Wildman–Crippen LogP) is 2.61. The van der Waals surface area contributed by atoms with Crippen molar-refractivity contribution in [3.8, 4) is 11.1 Å². The molecular weight excluding hydrogens is 320 g/mol. The SMILES string of the molecule is CC(C)n1cc(-c2ccc3nc(C(=O)O)cn3c2)c2c(N)ncnc21. The van der Waals surface area contributed by atoms with Crippen LogP contribution in [0, 0.1) is 0 Å². The molecule has 3 N–H and O–H groups in total. The lowest BCUT2D eigenvalue weighted by Crippen LogP contribution is -2.00. The first-order chi connectivity index (χ1) is 12.0. The van der Waals surface area contributed by atoms with Crippen molar-refractivity contribution in [3.05, 3.63) is 42.7 Å². The van der Waals surface area contributed by atoms with E-state index in [1.165, 1.54) is 12.5 Å². The van der Waals surface area contributed by atoms with Crippen LogP contribution in [0.25, 0.3) is 27.8 Å². The van der Waals surface area contributed by atoms with Crippen LogP contribution in [0.2, 0.25) is 0 Å². The van der Waals surface area contributed by atoms with Crippen molar-refractivity contribution in [3.63, 3.8) is 0 Å². The number of nitrogens with two attached hydrogens (primary N) is 1. The first kappa shape index (κ1) is 15.1. The molecule has 0 aliphatic heterocycles. The van der Waals surface area contributed by atoms with Crippen LogP contribution in [-0.2, 0) is 0 Å². The third-order valence-electron chi connectivity index (χ3n) is 4.18. The average molecular weight is 336 g/mol. The van der Waals surface area contributed by atoms with E-state index in [2.05, 4.69) is 28.8 Å². The zero-order valence-corrected chi connectivity index (χ0v) is 13.7. The van der Waals surface area contributed by atoms with Crippen LogP contribution < -0.4 is 5.73 Å². The van der Waals surface area contributed by atoms with Gasteiger partial charge in [-0.2, -0.15) is 0 Å². The molecular formula is C17H16N6O2. The fourth-order valence-corrected chi connectivity index (χ4v) is 2.98. The molecule has 8 nitrogen and oxygen atoms in total. The number of fused-ring (bicyclic) bond motifs is 2. The molecule has 0 radical (unpaired) electrons.